The maximum atomic E-state index is 2.40. The topological polar surface area (TPSA) is 26.4 Å². The number of rotatable bonds is 12. The van der Waals surface area contributed by atoms with E-state index in [9.17, 15) is 0 Å². The number of nitrogens with zero attached hydrogens (tertiary/aromatic N) is 6. The highest BCUT2D eigenvalue weighted by Crippen LogP contribution is 2.13. The predicted molar refractivity (Wildman–Crippen MR) is 143 cm³/mol. The molecular formula is C30H45N6+3. The molecule has 0 saturated carbocycles. The Morgan fingerprint density at radius 2 is 0.778 bits per heavy atom. The molecule has 3 aromatic heterocycles. The van der Waals surface area contributed by atoms with Crippen LogP contribution in [0.1, 0.15) is 74.2 Å². The van der Waals surface area contributed by atoms with Crippen LogP contribution < -0.4 is 13.7 Å². The van der Waals surface area contributed by atoms with Gasteiger partial charge >= 0.3 is 0 Å². The molecule has 0 aliphatic rings. The van der Waals surface area contributed by atoms with E-state index < -0.39 is 0 Å². The minimum atomic E-state index is 0.893. The standard InChI is InChI=1S/C30H45N6/c1-7-10-31-13-16-34(25(31)4)22-28-19-29(23-35-17-14-32(11-8-2)26(35)5)21-30(20-28)24-36-18-15-33(12-9-3)27(36)6/h13-21H,7-12,22-24H2,1-6H3/q+3. The van der Waals surface area contributed by atoms with Crippen LogP contribution in [-0.4, -0.2) is 13.7 Å². The summed E-state index contributed by atoms with van der Waals surface area (Å²) in [5.74, 6) is 3.94. The van der Waals surface area contributed by atoms with Crippen LogP contribution in [0.3, 0.4) is 0 Å². The van der Waals surface area contributed by atoms with E-state index in [1.54, 1.807) is 0 Å². The lowest BCUT2D eigenvalue weighted by Crippen LogP contribution is -2.38. The van der Waals surface area contributed by atoms with Crippen molar-refractivity contribution in [3.8, 4) is 0 Å². The summed E-state index contributed by atoms with van der Waals surface area (Å²) in [4.78, 5) is 0. The minimum Gasteiger partial charge on any atom is -0.234 e. The number of benzene rings is 1. The molecule has 0 aliphatic heterocycles. The van der Waals surface area contributed by atoms with E-state index in [2.05, 4.69) is 124 Å². The van der Waals surface area contributed by atoms with Crippen molar-refractivity contribution < 1.29 is 13.7 Å². The van der Waals surface area contributed by atoms with Gasteiger partial charge in [0.2, 0.25) is 0 Å². The van der Waals surface area contributed by atoms with E-state index in [4.69, 9.17) is 0 Å². The lowest BCUT2D eigenvalue weighted by molar-refractivity contribution is -0.695. The Hall–Kier alpha value is -3.15. The Morgan fingerprint density at radius 3 is 1.03 bits per heavy atom. The Morgan fingerprint density at radius 1 is 0.500 bits per heavy atom. The van der Waals surface area contributed by atoms with Crippen molar-refractivity contribution in [3.05, 3.63) is 89.5 Å². The summed E-state index contributed by atoms with van der Waals surface area (Å²) in [6.45, 7) is 19.3. The second-order valence-corrected chi connectivity index (χ2v) is 10.2. The normalized spacial score (nSPS) is 11.5. The molecule has 0 amide bonds. The molecule has 36 heavy (non-hydrogen) atoms. The first-order chi connectivity index (χ1) is 17.4. The highest BCUT2D eigenvalue weighted by atomic mass is 15.2. The zero-order valence-electron chi connectivity index (χ0n) is 23.2. The molecule has 4 rings (SSSR count). The Kier molecular flexibility index (Phi) is 8.44. The van der Waals surface area contributed by atoms with Crippen LogP contribution in [-0.2, 0) is 39.3 Å². The van der Waals surface area contributed by atoms with Crippen molar-refractivity contribution >= 4 is 0 Å². The largest absolute Gasteiger partial charge is 0.253 e. The molecule has 0 radical (unpaired) electrons. The Bertz CT molecular complexity index is 1120. The second kappa shape index (κ2) is 11.7. The fourth-order valence-electron chi connectivity index (χ4n) is 5.26. The van der Waals surface area contributed by atoms with Crippen LogP contribution in [0.25, 0.3) is 0 Å². The molecule has 0 aliphatic carbocycles. The molecule has 0 saturated heterocycles. The van der Waals surface area contributed by atoms with Gasteiger partial charge < -0.3 is 0 Å². The monoisotopic (exact) mass is 489 g/mol. The van der Waals surface area contributed by atoms with E-state index in [1.807, 2.05) is 0 Å². The van der Waals surface area contributed by atoms with E-state index in [1.165, 1.54) is 34.2 Å². The van der Waals surface area contributed by atoms with Gasteiger partial charge in [-0.3, -0.25) is 0 Å². The maximum Gasteiger partial charge on any atom is 0.253 e. The highest BCUT2D eigenvalue weighted by Gasteiger charge is 2.17. The average Bonchev–Trinajstić information content (AvgIpc) is 3.49. The van der Waals surface area contributed by atoms with Gasteiger partial charge in [-0.2, -0.15) is 0 Å². The number of imidazole rings is 3. The van der Waals surface area contributed by atoms with Gasteiger partial charge in [-0.15, -0.1) is 0 Å². The van der Waals surface area contributed by atoms with Gasteiger partial charge in [-0.25, -0.2) is 27.4 Å². The van der Waals surface area contributed by atoms with Crippen molar-refractivity contribution in [1.82, 2.24) is 13.7 Å². The molecule has 4 aromatic rings. The molecular weight excluding hydrogens is 444 g/mol. The van der Waals surface area contributed by atoms with Crippen LogP contribution in [0, 0.1) is 20.8 Å². The molecule has 6 heteroatoms. The predicted octanol–water partition coefficient (Wildman–Crippen LogP) is 4.25. The molecule has 0 atom stereocenters. The lowest BCUT2D eigenvalue weighted by atomic mass is 10.0. The average molecular weight is 490 g/mol. The van der Waals surface area contributed by atoms with Crippen molar-refractivity contribution in [2.45, 2.75) is 100 Å². The van der Waals surface area contributed by atoms with Gasteiger partial charge in [0.05, 0.1) is 19.6 Å². The number of aryl methyl sites for hydroxylation is 3. The molecule has 192 valence electrons. The van der Waals surface area contributed by atoms with Crippen molar-refractivity contribution in [2.75, 3.05) is 0 Å². The third kappa shape index (κ3) is 5.80. The molecule has 0 unspecified atom stereocenters. The summed E-state index contributed by atoms with van der Waals surface area (Å²) < 4.78 is 14.2. The molecule has 1 aromatic carbocycles. The smallest absolute Gasteiger partial charge is 0.234 e. The zero-order chi connectivity index (χ0) is 25.7. The molecule has 6 nitrogen and oxygen atoms in total. The van der Waals surface area contributed by atoms with Crippen molar-refractivity contribution in [3.63, 3.8) is 0 Å². The highest BCUT2D eigenvalue weighted by molar-refractivity contribution is 5.29. The molecule has 0 spiro atoms. The summed E-state index contributed by atoms with van der Waals surface area (Å²) >= 11 is 0. The maximum absolute atomic E-state index is 2.40. The van der Waals surface area contributed by atoms with Crippen molar-refractivity contribution in [2.24, 2.45) is 0 Å². The summed E-state index contributed by atoms with van der Waals surface area (Å²) in [5.41, 5.74) is 4.09. The van der Waals surface area contributed by atoms with Gasteiger partial charge in [-0.05, 0) is 54.2 Å². The molecule has 0 fully saturated rings. The minimum absolute atomic E-state index is 0.893. The fraction of sp³-hybridized carbons (Fsp3) is 0.500. The van der Waals surface area contributed by atoms with Crippen LogP contribution in [0.15, 0.2) is 55.4 Å². The van der Waals surface area contributed by atoms with E-state index in [0.717, 1.165) is 58.5 Å². The number of hydrogen-bond donors (Lipinski definition) is 0. The summed E-state index contributed by atoms with van der Waals surface area (Å²) in [6.07, 6.45) is 16.8. The van der Waals surface area contributed by atoms with Gasteiger partial charge in [-0.1, -0.05) is 20.8 Å². The van der Waals surface area contributed by atoms with Gasteiger partial charge in [0.15, 0.2) is 0 Å². The van der Waals surface area contributed by atoms with Crippen LogP contribution in [0.4, 0.5) is 0 Å². The Labute approximate surface area is 217 Å². The third-order valence-corrected chi connectivity index (χ3v) is 7.34. The quantitative estimate of drug-likeness (QED) is 0.266. The second-order valence-electron chi connectivity index (χ2n) is 10.2. The van der Waals surface area contributed by atoms with Crippen LogP contribution in [0.5, 0.6) is 0 Å². The van der Waals surface area contributed by atoms with Gasteiger partial charge in [0.25, 0.3) is 17.5 Å². The fourth-order valence-corrected chi connectivity index (χ4v) is 5.26. The third-order valence-electron chi connectivity index (χ3n) is 7.34. The molecule has 0 N–H and O–H groups in total. The van der Waals surface area contributed by atoms with E-state index in [0.29, 0.717) is 0 Å². The Balaban J connectivity index is 1.66. The lowest BCUT2D eigenvalue weighted by Gasteiger charge is -2.09. The molecule has 3 heterocycles. The van der Waals surface area contributed by atoms with Crippen molar-refractivity contribution in [1.29, 1.82) is 0 Å². The van der Waals surface area contributed by atoms with Crippen LogP contribution in [0.2, 0.25) is 0 Å². The van der Waals surface area contributed by atoms with Gasteiger partial charge in [0, 0.05) is 20.8 Å². The summed E-state index contributed by atoms with van der Waals surface area (Å²) in [7, 11) is 0. The molecule has 0 bridgehead atoms. The van der Waals surface area contributed by atoms with E-state index in [-0.39, 0.29) is 0 Å². The number of hydrogen-bond acceptors (Lipinski definition) is 0. The van der Waals surface area contributed by atoms with E-state index >= 15 is 0 Å². The first kappa shape index (κ1) is 25.9. The zero-order valence-corrected chi connectivity index (χ0v) is 23.2. The van der Waals surface area contributed by atoms with Gasteiger partial charge in [0.1, 0.15) is 56.8 Å². The number of aromatic nitrogens is 6. The summed E-state index contributed by atoms with van der Waals surface area (Å²) in [6, 6.07) is 7.20. The first-order valence-corrected chi connectivity index (χ1v) is 13.7. The van der Waals surface area contributed by atoms with Crippen LogP contribution >= 0.6 is 0 Å². The first-order valence-electron chi connectivity index (χ1n) is 13.7. The summed E-state index contributed by atoms with van der Waals surface area (Å²) in [5, 5.41) is 0. The SMILES string of the molecule is CCCn1cc[n+](Cc2cc(C[n+]3ccn(CCC)c3C)cc(C[n+]3ccn(CCC)c3C)c2)c1C.